The maximum Gasteiger partial charge on any atom is 0.442 e. The number of nitrogens with one attached hydrogen (secondary N) is 2. The molecule has 0 spiro atoms. The Morgan fingerprint density at radius 2 is 1.97 bits per heavy atom. The number of thiophene rings is 1. The van der Waals surface area contributed by atoms with Crippen molar-refractivity contribution in [3.63, 3.8) is 0 Å². The molecule has 2 N–H and O–H groups in total. The monoisotopic (exact) mass is 487 g/mol. The molecule has 2 heterocycles. The van der Waals surface area contributed by atoms with Crippen LogP contribution in [-0.4, -0.2) is 45.5 Å². The van der Waals surface area contributed by atoms with Gasteiger partial charge in [0.05, 0.1) is 21.9 Å². The second kappa shape index (κ2) is 11.0. The second-order valence-electron chi connectivity index (χ2n) is 7.05. The van der Waals surface area contributed by atoms with Gasteiger partial charge in [0.15, 0.2) is 0 Å². The molecule has 0 aliphatic rings. The number of carbonyl (C=O) groups excluding carboxylic acids is 2. The number of carbonyl (C=O) groups is 2. The summed E-state index contributed by atoms with van der Waals surface area (Å²) in [6.07, 6.45) is 2.65. The van der Waals surface area contributed by atoms with Crippen LogP contribution in [0.15, 0.2) is 57.2 Å². The lowest BCUT2D eigenvalue weighted by Crippen LogP contribution is -2.10. The van der Waals surface area contributed by atoms with E-state index in [1.54, 1.807) is 55.6 Å². The first-order valence-electron chi connectivity index (χ1n) is 10.2. The van der Waals surface area contributed by atoms with Crippen molar-refractivity contribution in [2.75, 3.05) is 30.0 Å². The summed E-state index contributed by atoms with van der Waals surface area (Å²) >= 11 is 1.57. The predicted molar refractivity (Wildman–Crippen MR) is 131 cm³/mol. The summed E-state index contributed by atoms with van der Waals surface area (Å²) < 4.78 is 21.2. The maximum atomic E-state index is 12.7. The average molecular weight is 488 g/mol. The first kappa shape index (κ1) is 24.3. The topological polar surface area (TPSA) is 123 Å². The Kier molecular flexibility index (Phi) is 8.12. The molecule has 2 aromatic heterocycles. The number of Topliss-reactive ketones (excluding diaryl/α,β-unsaturated/α-hetero) is 1. The number of benzene rings is 1. The zero-order valence-electron chi connectivity index (χ0n) is 18.5. The van der Waals surface area contributed by atoms with Crippen LogP contribution in [0.5, 0.6) is 0 Å². The van der Waals surface area contributed by atoms with Crippen LogP contribution in [0.1, 0.15) is 20.3 Å². The van der Waals surface area contributed by atoms with E-state index in [0.717, 1.165) is 10.4 Å². The molecule has 3 rings (SSSR count). The van der Waals surface area contributed by atoms with Crippen molar-refractivity contribution >= 4 is 50.4 Å². The highest BCUT2D eigenvalue weighted by Gasteiger charge is 2.13. The molecule has 1 unspecified atom stereocenters. The largest absolute Gasteiger partial charge is 0.448 e. The highest BCUT2D eigenvalue weighted by molar-refractivity contribution is 7.93. The lowest BCUT2D eigenvalue weighted by molar-refractivity contribution is -0.116. The molecule has 1 atom stereocenters. The average Bonchev–Trinajstić information content (AvgIpc) is 3.28. The Hall–Kier alpha value is -3.31. The molecule has 3 aromatic rings. The smallest absolute Gasteiger partial charge is 0.442 e. The maximum absolute atomic E-state index is 12.7. The quantitative estimate of drug-likeness (QED) is 0.434. The summed E-state index contributed by atoms with van der Waals surface area (Å²) in [5, 5.41) is 8.31. The molecule has 9 nitrogen and oxygen atoms in total. The van der Waals surface area contributed by atoms with Crippen LogP contribution in [0.3, 0.4) is 0 Å². The number of rotatable bonds is 9. The van der Waals surface area contributed by atoms with Gasteiger partial charge in [0.1, 0.15) is 11.6 Å². The van der Waals surface area contributed by atoms with Crippen LogP contribution in [-0.2, 0) is 19.3 Å². The van der Waals surface area contributed by atoms with E-state index in [1.807, 2.05) is 17.5 Å². The number of anilines is 3. The molecule has 1 amide bonds. The third-order valence-corrected chi connectivity index (χ3v) is 6.96. The Morgan fingerprint density at radius 3 is 2.61 bits per heavy atom. The van der Waals surface area contributed by atoms with Gasteiger partial charge in [-0.25, -0.2) is 14.0 Å². The summed E-state index contributed by atoms with van der Waals surface area (Å²) in [5.74, 6) is 1.08. The van der Waals surface area contributed by atoms with Gasteiger partial charge in [0.25, 0.3) is 0 Å². The molecule has 11 heteroatoms. The number of amides is 1. The van der Waals surface area contributed by atoms with Crippen LogP contribution in [0, 0.1) is 0 Å². The van der Waals surface area contributed by atoms with Gasteiger partial charge in [0.2, 0.25) is 5.95 Å². The van der Waals surface area contributed by atoms with Crippen molar-refractivity contribution in [3.05, 3.63) is 48.0 Å². The van der Waals surface area contributed by atoms with Crippen LogP contribution in [0.25, 0.3) is 10.4 Å². The van der Waals surface area contributed by atoms with Crippen molar-refractivity contribution in [1.82, 2.24) is 9.97 Å². The van der Waals surface area contributed by atoms with Gasteiger partial charge in [-0.1, -0.05) is 6.07 Å². The van der Waals surface area contributed by atoms with Crippen molar-refractivity contribution in [1.29, 1.82) is 0 Å². The molecular weight excluding hydrogens is 462 g/mol. The molecule has 0 bridgehead atoms. The molecular formula is C22H25N5O4S2. The normalized spacial score (nSPS) is 12.5. The highest BCUT2D eigenvalue weighted by atomic mass is 32.2. The molecule has 0 radical (unpaired) electrons. The summed E-state index contributed by atoms with van der Waals surface area (Å²) in [6, 6.07) is 10.6. The molecule has 33 heavy (non-hydrogen) atoms. The number of ketones is 1. The molecule has 0 saturated carbocycles. The number of hydrogen-bond donors (Lipinski definition) is 2. The lowest BCUT2D eigenvalue weighted by Gasteiger charge is -2.12. The Bertz CT molecular complexity index is 1230. The van der Waals surface area contributed by atoms with Gasteiger partial charge in [-0.2, -0.15) is 4.98 Å². The highest BCUT2D eigenvalue weighted by Crippen LogP contribution is 2.31. The fourth-order valence-electron chi connectivity index (χ4n) is 2.81. The number of ether oxygens (including phenoxy) is 1. The first-order valence-corrected chi connectivity index (χ1v) is 13.0. The van der Waals surface area contributed by atoms with E-state index < -0.39 is 15.8 Å². The fourth-order valence-corrected chi connectivity index (χ4v) is 4.63. The molecule has 174 valence electrons. The SMILES string of the molecule is CCOC(=O)N=S(C)(=O)c1ccc(Nc2ncc(-c3cccs3)c(NCCC(C)=O)n2)cc1. The third-order valence-electron chi connectivity index (χ3n) is 4.41. The number of aromatic nitrogens is 2. The van der Waals surface area contributed by atoms with Gasteiger partial charge < -0.3 is 15.4 Å². The number of hydrogen-bond acceptors (Lipinski definition) is 9. The van der Waals surface area contributed by atoms with E-state index in [2.05, 4.69) is 25.0 Å². The molecule has 0 saturated heterocycles. The molecule has 1 aromatic carbocycles. The Balaban J connectivity index is 1.80. The van der Waals surface area contributed by atoms with Gasteiger partial charge in [-0.15, -0.1) is 15.7 Å². The summed E-state index contributed by atoms with van der Waals surface area (Å²) in [5.41, 5.74) is 1.52. The summed E-state index contributed by atoms with van der Waals surface area (Å²) in [6.45, 7) is 3.84. The Morgan fingerprint density at radius 1 is 1.21 bits per heavy atom. The minimum absolute atomic E-state index is 0.0925. The van der Waals surface area contributed by atoms with Crippen LogP contribution in [0.4, 0.5) is 22.2 Å². The zero-order valence-corrected chi connectivity index (χ0v) is 20.2. The van der Waals surface area contributed by atoms with E-state index in [4.69, 9.17) is 4.74 Å². The fraction of sp³-hybridized carbons (Fsp3) is 0.273. The van der Waals surface area contributed by atoms with Gasteiger partial charge in [-0.05, 0) is 49.6 Å². The van der Waals surface area contributed by atoms with Crippen molar-refractivity contribution in [2.45, 2.75) is 25.2 Å². The third kappa shape index (κ3) is 6.83. The van der Waals surface area contributed by atoms with E-state index in [0.29, 0.717) is 35.3 Å². The van der Waals surface area contributed by atoms with Gasteiger partial charge in [0, 0.05) is 40.9 Å². The predicted octanol–water partition coefficient (Wildman–Crippen LogP) is 4.95. The van der Waals surface area contributed by atoms with Crippen molar-refractivity contribution in [3.8, 4) is 10.4 Å². The molecule has 0 aliphatic carbocycles. The van der Waals surface area contributed by atoms with Gasteiger partial charge >= 0.3 is 6.09 Å². The number of nitrogens with zero attached hydrogens (tertiary/aromatic N) is 3. The first-order chi connectivity index (χ1) is 15.8. The molecule has 0 fully saturated rings. The Labute approximate surface area is 196 Å². The minimum atomic E-state index is -2.92. The van der Waals surface area contributed by atoms with Gasteiger partial charge in [-0.3, -0.25) is 4.79 Å². The standard InChI is InChI=1S/C22H25N5O4S2/c1-4-31-22(29)27-33(3,30)17-9-7-16(8-10-17)25-21-24-14-18(19-6-5-13-32-19)20(26-21)23-12-11-15(2)28/h5-10,13-14H,4,11-12H2,1-3H3,(H2,23,24,25,26). The summed E-state index contributed by atoms with van der Waals surface area (Å²) in [7, 11) is -2.92. The van der Waals surface area contributed by atoms with Crippen LogP contribution in [0.2, 0.25) is 0 Å². The summed E-state index contributed by atoms with van der Waals surface area (Å²) in [4.78, 5) is 33.3. The van der Waals surface area contributed by atoms with Crippen LogP contribution < -0.4 is 10.6 Å². The van der Waals surface area contributed by atoms with E-state index in [9.17, 15) is 13.8 Å². The minimum Gasteiger partial charge on any atom is -0.448 e. The van der Waals surface area contributed by atoms with Crippen LogP contribution >= 0.6 is 11.3 Å². The molecule has 0 aliphatic heterocycles. The van der Waals surface area contributed by atoms with Crippen molar-refractivity contribution < 1.29 is 18.5 Å². The van der Waals surface area contributed by atoms with Crippen molar-refractivity contribution in [2.24, 2.45) is 4.36 Å². The van der Waals surface area contributed by atoms with E-state index >= 15 is 0 Å². The van der Waals surface area contributed by atoms with E-state index in [1.165, 1.54) is 6.26 Å². The lowest BCUT2D eigenvalue weighted by atomic mass is 10.2. The second-order valence-corrected chi connectivity index (χ2v) is 10.3. The van der Waals surface area contributed by atoms with E-state index in [-0.39, 0.29) is 12.4 Å². The zero-order chi connectivity index (χ0) is 23.8.